The zero-order chi connectivity index (χ0) is 32.6. The highest BCUT2D eigenvalue weighted by Crippen LogP contribution is 2.46. The fourth-order valence-electron chi connectivity index (χ4n) is 4.53. The second kappa shape index (κ2) is 16.0. The summed E-state index contributed by atoms with van der Waals surface area (Å²) in [6, 6.07) is 14.1. The smallest absolute Gasteiger partial charge is 0.459 e. The number of hydrogen-bond donors (Lipinski definition) is 3. The Labute approximate surface area is 273 Å². The summed E-state index contributed by atoms with van der Waals surface area (Å²) in [6.07, 6.45) is -0.128. The van der Waals surface area contributed by atoms with E-state index in [1.807, 2.05) is 44.2 Å². The minimum atomic E-state index is -4.34. The SMILES string of the molecule is CC(C)C[C@H](NP(=O)(OC[C@H]1O[C@@H](n2cc(/C=C/Br)c(=O)[nH]c2=O)CC1O)Oc1ccc(Cl)cc1)C(=O)OCc1ccccc1. The van der Waals surface area contributed by atoms with Crippen LogP contribution in [-0.4, -0.2) is 45.5 Å². The predicted molar refractivity (Wildman–Crippen MR) is 172 cm³/mol. The maximum Gasteiger partial charge on any atom is 0.459 e. The van der Waals surface area contributed by atoms with Crippen molar-refractivity contribution in [3.63, 3.8) is 0 Å². The van der Waals surface area contributed by atoms with Gasteiger partial charge in [0.2, 0.25) is 0 Å². The summed E-state index contributed by atoms with van der Waals surface area (Å²) in [4.78, 5) is 41.5. The van der Waals surface area contributed by atoms with Crippen LogP contribution in [0.15, 0.2) is 75.4 Å². The lowest BCUT2D eigenvalue weighted by Gasteiger charge is -2.27. The van der Waals surface area contributed by atoms with Crippen molar-refractivity contribution in [1.29, 1.82) is 0 Å². The third-order valence-corrected chi connectivity index (χ3v) is 8.81. The molecule has 5 atom stereocenters. The molecule has 1 aliphatic heterocycles. The van der Waals surface area contributed by atoms with E-state index in [-0.39, 0.29) is 36.7 Å². The van der Waals surface area contributed by atoms with Crippen molar-refractivity contribution < 1.29 is 33.0 Å². The number of aliphatic hydroxyl groups excluding tert-OH is 1. The third kappa shape index (κ3) is 9.98. The van der Waals surface area contributed by atoms with Crippen molar-refractivity contribution in [2.24, 2.45) is 5.92 Å². The Bertz CT molecular complexity index is 1630. The van der Waals surface area contributed by atoms with Crippen molar-refractivity contribution >= 4 is 47.3 Å². The first kappa shape index (κ1) is 34.8. The molecule has 0 radical (unpaired) electrons. The fourth-order valence-corrected chi connectivity index (χ4v) is 6.45. The van der Waals surface area contributed by atoms with E-state index in [1.165, 1.54) is 41.5 Å². The number of aliphatic hydroxyl groups is 1. The Kier molecular flexibility index (Phi) is 12.4. The first-order valence-corrected chi connectivity index (χ1v) is 16.9. The molecule has 2 aromatic carbocycles. The highest BCUT2D eigenvalue weighted by molar-refractivity contribution is 9.11. The van der Waals surface area contributed by atoms with Gasteiger partial charge < -0.3 is 19.1 Å². The molecule has 0 amide bonds. The van der Waals surface area contributed by atoms with E-state index in [0.717, 1.165) is 10.1 Å². The normalized spacial score (nSPS) is 20.3. The highest BCUT2D eigenvalue weighted by atomic mass is 79.9. The molecule has 3 aromatic rings. The number of nitrogens with one attached hydrogen (secondary N) is 2. The summed E-state index contributed by atoms with van der Waals surface area (Å²) in [7, 11) is -4.34. The molecular weight excluding hydrogens is 693 g/mol. The molecule has 0 spiro atoms. The number of aromatic nitrogens is 2. The monoisotopic (exact) mass is 725 g/mol. The molecular formula is C30H34BrClN3O9P. The zero-order valence-electron chi connectivity index (χ0n) is 24.5. The van der Waals surface area contributed by atoms with Crippen molar-refractivity contribution in [2.45, 2.75) is 57.8 Å². The number of carbonyl (C=O) groups excluding carboxylic acids is 1. The minimum absolute atomic E-state index is 0.00333. The summed E-state index contributed by atoms with van der Waals surface area (Å²) in [5.74, 6) is -0.510. The number of H-pyrrole nitrogens is 1. The first-order valence-electron chi connectivity index (χ1n) is 14.1. The van der Waals surface area contributed by atoms with Gasteiger partial charge in [0.1, 0.15) is 30.7 Å². The fraction of sp³-hybridized carbons (Fsp3) is 0.367. The molecule has 1 saturated heterocycles. The van der Waals surface area contributed by atoms with Gasteiger partial charge in [-0.15, -0.1) is 0 Å². The van der Waals surface area contributed by atoms with Crippen molar-refractivity contribution in [3.05, 3.63) is 103 Å². The molecule has 0 saturated carbocycles. The van der Waals surface area contributed by atoms with Crippen LogP contribution >= 0.6 is 35.3 Å². The Hall–Kier alpha value is -3.03. The Morgan fingerprint density at radius 3 is 2.60 bits per heavy atom. The molecule has 2 heterocycles. The number of esters is 1. The van der Waals surface area contributed by atoms with E-state index in [0.29, 0.717) is 5.02 Å². The Morgan fingerprint density at radius 2 is 1.93 bits per heavy atom. The average molecular weight is 727 g/mol. The molecule has 3 N–H and O–H groups in total. The van der Waals surface area contributed by atoms with Gasteiger partial charge in [-0.05, 0) is 53.2 Å². The molecule has 1 aliphatic rings. The summed E-state index contributed by atoms with van der Waals surface area (Å²) >= 11 is 9.10. The van der Waals surface area contributed by atoms with Crippen LogP contribution in [0.3, 0.4) is 0 Å². The van der Waals surface area contributed by atoms with Crippen LogP contribution in [0.5, 0.6) is 5.75 Å². The van der Waals surface area contributed by atoms with Crippen molar-refractivity contribution in [1.82, 2.24) is 14.6 Å². The molecule has 4 rings (SSSR count). The van der Waals surface area contributed by atoms with Crippen molar-refractivity contribution in [3.8, 4) is 5.75 Å². The van der Waals surface area contributed by atoms with Crippen LogP contribution in [0, 0.1) is 5.92 Å². The standard InChI is InChI=1S/C30H34BrClN3O9P/c1-19(2)14-24(29(38)41-17-20-6-4-3-5-7-20)34-45(40,44-23-10-8-22(32)9-11-23)42-18-26-25(36)15-27(43-26)35-16-21(12-13-31)28(37)33-30(35)39/h3-13,16,19,24-27,36H,14-15,17-18H2,1-2H3,(H,34,40)(H,33,37,39)/b13-12+/t24-,25?,26+,27+,45?/m0/s1. The zero-order valence-corrected chi connectivity index (χ0v) is 27.7. The highest BCUT2D eigenvalue weighted by Gasteiger charge is 2.40. The van der Waals surface area contributed by atoms with Crippen LogP contribution < -0.4 is 20.9 Å². The molecule has 0 bridgehead atoms. The van der Waals surface area contributed by atoms with Gasteiger partial charge in [-0.3, -0.25) is 23.7 Å². The number of ether oxygens (including phenoxy) is 2. The van der Waals surface area contributed by atoms with E-state index in [1.54, 1.807) is 0 Å². The second-order valence-electron chi connectivity index (χ2n) is 10.7. The molecule has 1 fully saturated rings. The molecule has 0 aliphatic carbocycles. The van der Waals surface area contributed by atoms with Crippen LogP contribution in [0.1, 0.15) is 44.0 Å². The number of benzene rings is 2. The molecule has 1 aromatic heterocycles. The summed E-state index contributed by atoms with van der Waals surface area (Å²) in [6.45, 7) is 3.37. The van der Waals surface area contributed by atoms with E-state index < -0.39 is 56.0 Å². The van der Waals surface area contributed by atoms with Gasteiger partial charge in [-0.1, -0.05) is 71.7 Å². The van der Waals surface area contributed by atoms with Gasteiger partial charge in [-0.25, -0.2) is 9.36 Å². The van der Waals surface area contributed by atoms with E-state index in [4.69, 9.17) is 30.1 Å². The second-order valence-corrected chi connectivity index (χ2v) is 13.4. The maximum atomic E-state index is 14.2. The predicted octanol–water partition coefficient (Wildman–Crippen LogP) is 5.16. The van der Waals surface area contributed by atoms with Crippen LogP contribution in [-0.2, 0) is 30.0 Å². The number of rotatable bonds is 14. The van der Waals surface area contributed by atoms with Gasteiger partial charge in [0.15, 0.2) is 0 Å². The Balaban J connectivity index is 1.52. The number of carbonyl (C=O) groups is 1. The topological polar surface area (TPSA) is 158 Å². The number of aromatic amines is 1. The lowest BCUT2D eigenvalue weighted by Crippen LogP contribution is -2.39. The lowest BCUT2D eigenvalue weighted by atomic mass is 10.1. The summed E-state index contributed by atoms with van der Waals surface area (Å²) in [5, 5.41) is 13.9. The number of halogens is 2. The average Bonchev–Trinajstić information content (AvgIpc) is 3.37. The third-order valence-electron chi connectivity index (χ3n) is 6.73. The number of nitrogens with zero attached hydrogens (tertiary/aromatic N) is 1. The van der Waals surface area contributed by atoms with Gasteiger partial charge in [-0.2, -0.15) is 5.09 Å². The molecule has 242 valence electrons. The maximum absolute atomic E-state index is 14.2. The van der Waals surface area contributed by atoms with Crippen LogP contribution in [0.4, 0.5) is 0 Å². The van der Waals surface area contributed by atoms with E-state index >= 15 is 0 Å². The van der Waals surface area contributed by atoms with Crippen LogP contribution in [0.2, 0.25) is 5.02 Å². The van der Waals surface area contributed by atoms with Gasteiger partial charge in [0, 0.05) is 17.6 Å². The largest absolute Gasteiger partial charge is 0.460 e. The van der Waals surface area contributed by atoms with Crippen molar-refractivity contribution in [2.75, 3.05) is 6.61 Å². The first-order chi connectivity index (χ1) is 21.5. The van der Waals surface area contributed by atoms with Crippen LogP contribution in [0.25, 0.3) is 6.08 Å². The van der Waals surface area contributed by atoms with E-state index in [2.05, 4.69) is 26.0 Å². The van der Waals surface area contributed by atoms with E-state index in [9.17, 15) is 24.1 Å². The molecule has 45 heavy (non-hydrogen) atoms. The van der Waals surface area contributed by atoms with Gasteiger partial charge >= 0.3 is 19.4 Å². The number of hydrogen-bond acceptors (Lipinski definition) is 9. The molecule has 12 nitrogen and oxygen atoms in total. The lowest BCUT2D eigenvalue weighted by molar-refractivity contribution is -0.147. The van der Waals surface area contributed by atoms with Gasteiger partial charge in [0.05, 0.1) is 18.3 Å². The minimum Gasteiger partial charge on any atom is -0.460 e. The molecule has 15 heteroatoms. The summed E-state index contributed by atoms with van der Waals surface area (Å²) in [5.41, 5.74) is -0.348. The quantitative estimate of drug-likeness (QED) is 0.150. The summed E-state index contributed by atoms with van der Waals surface area (Å²) < 4.78 is 38.3. The molecule has 2 unspecified atom stereocenters. The van der Waals surface area contributed by atoms with Gasteiger partial charge in [0.25, 0.3) is 5.56 Å². The Morgan fingerprint density at radius 1 is 1.22 bits per heavy atom.